The molecule has 1 heterocycles. The highest BCUT2D eigenvalue weighted by atomic mass is 16.2. The van der Waals surface area contributed by atoms with Gasteiger partial charge in [0.25, 0.3) is 5.91 Å². The number of carbonyl (C=O) groups excluding carboxylic acids is 1. The lowest BCUT2D eigenvalue weighted by Crippen LogP contribution is -2.31. The molecule has 0 saturated heterocycles. The fourth-order valence-corrected chi connectivity index (χ4v) is 1.81. The molecule has 1 rings (SSSR count). The van der Waals surface area contributed by atoms with Gasteiger partial charge < -0.3 is 10.2 Å². The minimum Gasteiger partial charge on any atom is -0.354 e. The normalized spacial score (nSPS) is 10.3. The molecule has 1 amide bonds. The number of aryl methyl sites for hydroxylation is 1. The Morgan fingerprint density at radius 3 is 2.53 bits per heavy atom. The van der Waals surface area contributed by atoms with Crippen molar-refractivity contribution in [3.8, 4) is 0 Å². The van der Waals surface area contributed by atoms with Gasteiger partial charge in [0.15, 0.2) is 0 Å². The summed E-state index contributed by atoms with van der Waals surface area (Å²) in [5.74, 6) is 0.512. The number of amides is 1. The molecule has 19 heavy (non-hydrogen) atoms. The number of rotatable bonds is 7. The summed E-state index contributed by atoms with van der Waals surface area (Å²) in [5.41, 5.74) is 1.28. The monoisotopic (exact) mass is 264 g/mol. The van der Waals surface area contributed by atoms with E-state index in [0.29, 0.717) is 24.7 Å². The van der Waals surface area contributed by atoms with Crippen LogP contribution >= 0.6 is 0 Å². The van der Waals surface area contributed by atoms with E-state index in [2.05, 4.69) is 22.2 Å². The molecule has 0 saturated carbocycles. The second kappa shape index (κ2) is 7.71. The molecule has 0 spiro atoms. The van der Waals surface area contributed by atoms with Crippen LogP contribution < -0.4 is 5.32 Å². The van der Waals surface area contributed by atoms with E-state index < -0.39 is 0 Å². The zero-order valence-electron chi connectivity index (χ0n) is 12.4. The summed E-state index contributed by atoms with van der Waals surface area (Å²) in [5, 5.41) is 3.16. The predicted octanol–water partition coefficient (Wildman–Crippen LogP) is 2.48. The SMILES string of the molecule is CCCCNc1nc(C)cc(C(=O)N(CC)CC)n1. The van der Waals surface area contributed by atoms with Gasteiger partial charge in [-0.05, 0) is 33.3 Å². The molecule has 0 unspecified atom stereocenters. The Labute approximate surface area is 115 Å². The third-order valence-electron chi connectivity index (χ3n) is 2.94. The maximum absolute atomic E-state index is 12.2. The molecule has 0 aliphatic heterocycles. The minimum atomic E-state index is -0.0333. The quantitative estimate of drug-likeness (QED) is 0.769. The molecular weight excluding hydrogens is 240 g/mol. The van der Waals surface area contributed by atoms with Crippen molar-refractivity contribution in [2.45, 2.75) is 40.5 Å². The lowest BCUT2D eigenvalue weighted by atomic mass is 10.3. The van der Waals surface area contributed by atoms with Crippen molar-refractivity contribution >= 4 is 11.9 Å². The van der Waals surface area contributed by atoms with Crippen molar-refractivity contribution in [3.63, 3.8) is 0 Å². The number of carbonyl (C=O) groups is 1. The molecule has 0 aromatic carbocycles. The summed E-state index contributed by atoms with van der Waals surface area (Å²) in [6, 6.07) is 1.74. The van der Waals surface area contributed by atoms with Gasteiger partial charge in [-0.25, -0.2) is 9.97 Å². The van der Waals surface area contributed by atoms with Crippen molar-refractivity contribution in [1.29, 1.82) is 0 Å². The summed E-state index contributed by atoms with van der Waals surface area (Å²) in [7, 11) is 0. The second-order valence-corrected chi connectivity index (χ2v) is 4.48. The largest absolute Gasteiger partial charge is 0.354 e. The van der Waals surface area contributed by atoms with E-state index in [1.165, 1.54) is 0 Å². The Kier molecular flexibility index (Phi) is 6.25. The van der Waals surface area contributed by atoms with Gasteiger partial charge in [-0.1, -0.05) is 13.3 Å². The van der Waals surface area contributed by atoms with Gasteiger partial charge in [0.1, 0.15) is 5.69 Å². The van der Waals surface area contributed by atoms with Crippen LogP contribution in [0.5, 0.6) is 0 Å². The molecular formula is C14H24N4O. The van der Waals surface area contributed by atoms with Crippen molar-refractivity contribution in [1.82, 2.24) is 14.9 Å². The first kappa shape index (κ1) is 15.4. The number of aromatic nitrogens is 2. The number of anilines is 1. The smallest absolute Gasteiger partial charge is 0.272 e. The number of nitrogens with one attached hydrogen (secondary N) is 1. The third-order valence-corrected chi connectivity index (χ3v) is 2.94. The highest BCUT2D eigenvalue weighted by Crippen LogP contribution is 2.08. The van der Waals surface area contributed by atoms with E-state index in [-0.39, 0.29) is 5.91 Å². The van der Waals surface area contributed by atoms with Crippen molar-refractivity contribution in [3.05, 3.63) is 17.5 Å². The van der Waals surface area contributed by atoms with Crippen molar-refractivity contribution in [2.24, 2.45) is 0 Å². The lowest BCUT2D eigenvalue weighted by molar-refractivity contribution is 0.0767. The number of hydrogen-bond donors (Lipinski definition) is 1. The second-order valence-electron chi connectivity index (χ2n) is 4.48. The zero-order valence-corrected chi connectivity index (χ0v) is 12.4. The highest BCUT2D eigenvalue weighted by Gasteiger charge is 2.15. The van der Waals surface area contributed by atoms with Crippen molar-refractivity contribution in [2.75, 3.05) is 25.0 Å². The standard InChI is InChI=1S/C14H24N4O/c1-5-8-9-15-14-16-11(4)10-12(17-14)13(19)18(6-2)7-3/h10H,5-9H2,1-4H3,(H,15,16,17). The summed E-state index contributed by atoms with van der Waals surface area (Å²) < 4.78 is 0. The Bertz CT molecular complexity index is 416. The summed E-state index contributed by atoms with van der Waals surface area (Å²) in [6.45, 7) is 10.2. The Hall–Kier alpha value is -1.65. The number of nitrogens with zero attached hydrogens (tertiary/aromatic N) is 3. The highest BCUT2D eigenvalue weighted by molar-refractivity contribution is 5.92. The molecule has 5 nitrogen and oxygen atoms in total. The predicted molar refractivity (Wildman–Crippen MR) is 77.4 cm³/mol. The van der Waals surface area contributed by atoms with Crippen LogP contribution in [0.2, 0.25) is 0 Å². The molecule has 0 aliphatic carbocycles. The maximum atomic E-state index is 12.2. The molecule has 0 radical (unpaired) electrons. The maximum Gasteiger partial charge on any atom is 0.272 e. The van der Waals surface area contributed by atoms with E-state index in [4.69, 9.17) is 0 Å². The lowest BCUT2D eigenvalue weighted by Gasteiger charge is -2.18. The first-order valence-electron chi connectivity index (χ1n) is 7.01. The van der Waals surface area contributed by atoms with Gasteiger partial charge in [-0.3, -0.25) is 4.79 Å². The molecule has 5 heteroatoms. The van der Waals surface area contributed by atoms with Gasteiger partial charge >= 0.3 is 0 Å². The molecule has 0 fully saturated rings. The first-order valence-corrected chi connectivity index (χ1v) is 7.01. The molecule has 1 N–H and O–H groups in total. The Morgan fingerprint density at radius 1 is 1.26 bits per heavy atom. The zero-order chi connectivity index (χ0) is 14.3. The van der Waals surface area contributed by atoms with Crippen LogP contribution in [-0.4, -0.2) is 40.4 Å². The fourth-order valence-electron chi connectivity index (χ4n) is 1.81. The third kappa shape index (κ3) is 4.50. The Balaban J connectivity index is 2.86. The summed E-state index contributed by atoms with van der Waals surface area (Å²) in [6.07, 6.45) is 2.18. The molecule has 0 atom stereocenters. The van der Waals surface area contributed by atoms with Gasteiger partial charge in [-0.15, -0.1) is 0 Å². The number of hydrogen-bond acceptors (Lipinski definition) is 4. The van der Waals surface area contributed by atoms with E-state index in [0.717, 1.165) is 25.1 Å². The van der Waals surface area contributed by atoms with Gasteiger partial charge in [0.2, 0.25) is 5.95 Å². The fraction of sp³-hybridized carbons (Fsp3) is 0.643. The van der Waals surface area contributed by atoms with Gasteiger partial charge in [0.05, 0.1) is 0 Å². The average molecular weight is 264 g/mol. The molecule has 0 bridgehead atoms. The molecule has 0 aliphatic rings. The van der Waals surface area contributed by atoms with Gasteiger partial charge in [-0.2, -0.15) is 0 Å². The first-order chi connectivity index (χ1) is 9.12. The van der Waals surface area contributed by atoms with E-state index in [9.17, 15) is 4.79 Å². The van der Waals surface area contributed by atoms with Crippen LogP contribution in [0.3, 0.4) is 0 Å². The van der Waals surface area contributed by atoms with Crippen LogP contribution in [0.15, 0.2) is 6.07 Å². The summed E-state index contributed by atoms with van der Waals surface area (Å²) >= 11 is 0. The van der Waals surface area contributed by atoms with Crippen LogP contribution in [0.1, 0.15) is 49.8 Å². The van der Waals surface area contributed by atoms with E-state index in [1.807, 2.05) is 20.8 Å². The minimum absolute atomic E-state index is 0.0333. The van der Waals surface area contributed by atoms with Crippen LogP contribution in [0, 0.1) is 6.92 Å². The number of unbranched alkanes of at least 4 members (excludes halogenated alkanes) is 1. The molecule has 1 aromatic rings. The van der Waals surface area contributed by atoms with Crippen LogP contribution in [0.25, 0.3) is 0 Å². The van der Waals surface area contributed by atoms with E-state index in [1.54, 1.807) is 11.0 Å². The average Bonchev–Trinajstić information content (AvgIpc) is 2.39. The molecule has 1 aromatic heterocycles. The van der Waals surface area contributed by atoms with Crippen LogP contribution in [0.4, 0.5) is 5.95 Å². The summed E-state index contributed by atoms with van der Waals surface area (Å²) in [4.78, 5) is 22.6. The topological polar surface area (TPSA) is 58.1 Å². The van der Waals surface area contributed by atoms with Crippen molar-refractivity contribution < 1.29 is 4.79 Å². The Morgan fingerprint density at radius 2 is 1.95 bits per heavy atom. The van der Waals surface area contributed by atoms with E-state index >= 15 is 0 Å². The van der Waals surface area contributed by atoms with Gasteiger partial charge in [0, 0.05) is 25.3 Å². The molecule has 106 valence electrons. The van der Waals surface area contributed by atoms with Crippen LogP contribution in [-0.2, 0) is 0 Å².